The highest BCUT2D eigenvalue weighted by atomic mass is 32.2. The Morgan fingerprint density at radius 3 is 2.50 bits per heavy atom. The molecule has 0 atom stereocenters. The Hall–Kier alpha value is -1.07. The van der Waals surface area contributed by atoms with Crippen LogP contribution in [0, 0.1) is 0 Å². The average Bonchev–Trinajstić information content (AvgIpc) is 2.92. The molecular weight excluding hydrogens is 250 g/mol. The normalized spacial score (nSPS) is 17.0. The van der Waals surface area contributed by atoms with Crippen molar-refractivity contribution in [1.82, 2.24) is 4.31 Å². The van der Waals surface area contributed by atoms with Crippen LogP contribution in [-0.4, -0.2) is 32.9 Å². The van der Waals surface area contributed by atoms with Crippen LogP contribution in [0.1, 0.15) is 25.3 Å². The molecule has 2 rings (SSSR count). The Morgan fingerprint density at radius 1 is 1.28 bits per heavy atom. The average molecular weight is 269 g/mol. The summed E-state index contributed by atoms with van der Waals surface area (Å²) in [5, 5.41) is 0. The molecule has 5 heteroatoms. The fraction of sp³-hybridized carbons (Fsp3) is 0.538. The molecule has 0 aromatic heterocycles. The van der Waals surface area contributed by atoms with Crippen molar-refractivity contribution in [2.75, 3.05) is 20.2 Å². The summed E-state index contributed by atoms with van der Waals surface area (Å²) >= 11 is 0. The molecule has 0 saturated carbocycles. The van der Waals surface area contributed by atoms with Crippen LogP contribution >= 0.6 is 0 Å². The minimum Gasteiger partial charge on any atom is -0.496 e. The second-order valence-corrected chi connectivity index (χ2v) is 6.38. The highest BCUT2D eigenvalue weighted by Crippen LogP contribution is 2.26. The minimum absolute atomic E-state index is 0.377. The Bertz CT molecular complexity index is 519. The van der Waals surface area contributed by atoms with Gasteiger partial charge >= 0.3 is 0 Å². The molecule has 1 fully saturated rings. The molecule has 4 nitrogen and oxygen atoms in total. The van der Waals surface area contributed by atoms with E-state index in [0.29, 0.717) is 18.0 Å². The van der Waals surface area contributed by atoms with Gasteiger partial charge < -0.3 is 4.74 Å². The van der Waals surface area contributed by atoms with Crippen LogP contribution in [0.3, 0.4) is 0 Å². The maximum Gasteiger partial charge on any atom is 0.243 e. The SMILES string of the molecule is CCc1cc(S(=O)(=O)N2CCCC2)ccc1OC. The Morgan fingerprint density at radius 2 is 1.94 bits per heavy atom. The number of rotatable bonds is 4. The predicted octanol–water partition coefficient (Wildman–Crippen LogP) is 2.04. The summed E-state index contributed by atoms with van der Waals surface area (Å²) in [5.41, 5.74) is 0.928. The quantitative estimate of drug-likeness (QED) is 0.840. The first kappa shape index (κ1) is 13.4. The van der Waals surface area contributed by atoms with Crippen molar-refractivity contribution in [1.29, 1.82) is 0 Å². The highest BCUT2D eigenvalue weighted by molar-refractivity contribution is 7.89. The van der Waals surface area contributed by atoms with Gasteiger partial charge in [0, 0.05) is 13.1 Å². The Kier molecular flexibility index (Phi) is 3.92. The van der Waals surface area contributed by atoms with Crippen molar-refractivity contribution in [3.05, 3.63) is 23.8 Å². The van der Waals surface area contributed by atoms with Crippen molar-refractivity contribution in [3.8, 4) is 5.75 Å². The summed E-state index contributed by atoms with van der Waals surface area (Å²) < 4.78 is 31.6. The predicted molar refractivity (Wildman–Crippen MR) is 70.4 cm³/mol. The molecule has 0 aliphatic carbocycles. The van der Waals surface area contributed by atoms with E-state index in [1.54, 1.807) is 29.6 Å². The summed E-state index contributed by atoms with van der Waals surface area (Å²) in [6, 6.07) is 5.10. The van der Waals surface area contributed by atoms with Crippen molar-refractivity contribution in [2.45, 2.75) is 31.1 Å². The third-order valence-electron chi connectivity index (χ3n) is 3.34. The fourth-order valence-electron chi connectivity index (χ4n) is 2.27. The number of hydrogen-bond acceptors (Lipinski definition) is 3. The van der Waals surface area contributed by atoms with E-state index < -0.39 is 10.0 Å². The van der Waals surface area contributed by atoms with Gasteiger partial charge in [0.1, 0.15) is 5.75 Å². The van der Waals surface area contributed by atoms with E-state index in [4.69, 9.17) is 4.74 Å². The van der Waals surface area contributed by atoms with Gasteiger partial charge in [0.2, 0.25) is 10.0 Å². The molecule has 0 spiro atoms. The maximum absolute atomic E-state index is 12.4. The second-order valence-electron chi connectivity index (χ2n) is 4.44. The summed E-state index contributed by atoms with van der Waals surface area (Å²) in [6.45, 7) is 3.26. The van der Waals surface area contributed by atoms with Gasteiger partial charge in [-0.05, 0) is 43.0 Å². The van der Waals surface area contributed by atoms with Crippen molar-refractivity contribution in [3.63, 3.8) is 0 Å². The molecule has 0 radical (unpaired) electrons. The van der Waals surface area contributed by atoms with Crippen LogP contribution in [0.2, 0.25) is 0 Å². The van der Waals surface area contributed by atoms with Crippen LogP contribution in [0.4, 0.5) is 0 Å². The summed E-state index contributed by atoms with van der Waals surface area (Å²) in [5.74, 6) is 0.748. The van der Waals surface area contributed by atoms with Crippen molar-refractivity contribution in [2.24, 2.45) is 0 Å². The third-order valence-corrected chi connectivity index (χ3v) is 5.23. The van der Waals surface area contributed by atoms with Gasteiger partial charge in [0.25, 0.3) is 0 Å². The lowest BCUT2D eigenvalue weighted by Crippen LogP contribution is -2.27. The van der Waals surface area contributed by atoms with Gasteiger partial charge in [-0.2, -0.15) is 4.31 Å². The zero-order valence-corrected chi connectivity index (χ0v) is 11.7. The number of ether oxygens (including phenoxy) is 1. The number of nitrogens with zero attached hydrogens (tertiary/aromatic N) is 1. The van der Waals surface area contributed by atoms with Gasteiger partial charge in [-0.3, -0.25) is 0 Å². The Labute approximate surface area is 109 Å². The molecule has 0 unspecified atom stereocenters. The third kappa shape index (κ3) is 2.37. The van der Waals surface area contributed by atoms with E-state index in [0.717, 1.165) is 30.6 Å². The van der Waals surface area contributed by atoms with E-state index >= 15 is 0 Å². The number of benzene rings is 1. The molecule has 18 heavy (non-hydrogen) atoms. The van der Waals surface area contributed by atoms with Gasteiger partial charge in [0.15, 0.2) is 0 Å². The lowest BCUT2D eigenvalue weighted by atomic mass is 10.1. The van der Waals surface area contributed by atoms with Crippen LogP contribution in [0.15, 0.2) is 23.1 Å². The van der Waals surface area contributed by atoms with Gasteiger partial charge in [-0.1, -0.05) is 6.92 Å². The minimum atomic E-state index is -3.32. The van der Waals surface area contributed by atoms with Gasteiger partial charge in [-0.25, -0.2) is 8.42 Å². The van der Waals surface area contributed by atoms with E-state index in [1.165, 1.54) is 0 Å². The van der Waals surface area contributed by atoms with Crippen LogP contribution in [0.25, 0.3) is 0 Å². The molecule has 1 heterocycles. The monoisotopic (exact) mass is 269 g/mol. The topological polar surface area (TPSA) is 46.6 Å². The van der Waals surface area contributed by atoms with Crippen LogP contribution in [-0.2, 0) is 16.4 Å². The van der Waals surface area contributed by atoms with Gasteiger partial charge in [-0.15, -0.1) is 0 Å². The number of aryl methyl sites for hydroxylation is 1. The maximum atomic E-state index is 12.4. The first-order valence-electron chi connectivity index (χ1n) is 6.26. The number of hydrogen-bond donors (Lipinski definition) is 0. The first-order chi connectivity index (χ1) is 8.59. The van der Waals surface area contributed by atoms with E-state index in [2.05, 4.69) is 0 Å². The van der Waals surface area contributed by atoms with E-state index in [-0.39, 0.29) is 0 Å². The lowest BCUT2D eigenvalue weighted by molar-refractivity contribution is 0.409. The lowest BCUT2D eigenvalue weighted by Gasteiger charge is -2.16. The number of methoxy groups -OCH3 is 1. The van der Waals surface area contributed by atoms with Crippen LogP contribution in [0.5, 0.6) is 5.75 Å². The standard InChI is InChI=1S/C13H19NO3S/c1-3-11-10-12(6-7-13(11)17-2)18(15,16)14-8-4-5-9-14/h6-7,10H,3-5,8-9H2,1-2H3. The molecule has 0 amide bonds. The molecule has 100 valence electrons. The second kappa shape index (κ2) is 5.28. The first-order valence-corrected chi connectivity index (χ1v) is 7.70. The Balaban J connectivity index is 2.38. The summed E-state index contributed by atoms with van der Waals surface area (Å²) in [4.78, 5) is 0.377. The molecule has 0 bridgehead atoms. The number of sulfonamides is 1. The van der Waals surface area contributed by atoms with Crippen molar-refractivity contribution < 1.29 is 13.2 Å². The van der Waals surface area contributed by atoms with Gasteiger partial charge in [0.05, 0.1) is 12.0 Å². The zero-order chi connectivity index (χ0) is 13.2. The van der Waals surface area contributed by atoms with E-state index in [9.17, 15) is 8.42 Å². The summed E-state index contributed by atoms with van der Waals surface area (Å²) in [7, 11) is -1.72. The zero-order valence-electron chi connectivity index (χ0n) is 10.8. The molecule has 1 aliphatic heterocycles. The molecule has 1 aromatic carbocycles. The molecule has 1 saturated heterocycles. The highest BCUT2D eigenvalue weighted by Gasteiger charge is 2.27. The van der Waals surface area contributed by atoms with Crippen molar-refractivity contribution >= 4 is 10.0 Å². The largest absolute Gasteiger partial charge is 0.496 e. The molecule has 1 aromatic rings. The molecule has 1 aliphatic rings. The summed E-state index contributed by atoms with van der Waals surface area (Å²) in [6.07, 6.45) is 2.67. The molecule has 0 N–H and O–H groups in total. The fourth-order valence-corrected chi connectivity index (χ4v) is 3.84. The molecular formula is C13H19NO3S. The van der Waals surface area contributed by atoms with E-state index in [1.807, 2.05) is 6.92 Å². The van der Waals surface area contributed by atoms with Crippen LogP contribution < -0.4 is 4.74 Å². The smallest absolute Gasteiger partial charge is 0.243 e.